The van der Waals surface area contributed by atoms with Gasteiger partial charge in [-0.2, -0.15) is 0 Å². The van der Waals surface area contributed by atoms with Gasteiger partial charge in [-0.1, -0.05) is 53.7 Å². The molecule has 3 aromatic heterocycles. The fraction of sp³-hybridized carbons (Fsp3) is 0.167. The molecule has 5 aromatic rings. The molecule has 0 fully saturated rings. The summed E-state index contributed by atoms with van der Waals surface area (Å²) < 4.78 is 4.28. The number of hydrogen-bond donors (Lipinski definition) is 1. The van der Waals surface area contributed by atoms with Crippen molar-refractivity contribution in [3.8, 4) is 0 Å². The number of thioether (sulfide) groups is 1. The number of rotatable bonds is 5. The van der Waals surface area contributed by atoms with E-state index in [9.17, 15) is 14.4 Å². The molecule has 0 unspecified atom stereocenters. The number of nitrogens with zero attached hydrogens (tertiary/aromatic N) is 4. The number of para-hydroxylation sites is 1. The molecule has 0 aliphatic heterocycles. The van der Waals surface area contributed by atoms with Crippen LogP contribution < -0.4 is 16.8 Å². The van der Waals surface area contributed by atoms with E-state index in [1.165, 1.54) is 23.4 Å². The van der Waals surface area contributed by atoms with Crippen LogP contribution in [0.2, 0.25) is 5.02 Å². The van der Waals surface area contributed by atoms with Gasteiger partial charge in [0.1, 0.15) is 0 Å². The lowest BCUT2D eigenvalue weighted by Gasteiger charge is -2.10. The zero-order valence-electron chi connectivity index (χ0n) is 18.4. The van der Waals surface area contributed by atoms with Gasteiger partial charge in [0.2, 0.25) is 5.56 Å². The number of benzene rings is 2. The average Bonchev–Trinajstić information content (AvgIpc) is 3.19. The van der Waals surface area contributed by atoms with Gasteiger partial charge in [0, 0.05) is 41.8 Å². The van der Waals surface area contributed by atoms with E-state index in [-0.39, 0.29) is 5.56 Å². The summed E-state index contributed by atoms with van der Waals surface area (Å²) in [5.74, 6) is 0.461. The standard InChI is InChI=1S/C24H20ClN5O3S/c1-28-21-20(22(32)29(2)24(28)33)30(12-14-7-9-16(25)10-8-14)23(27-21)34-13-15-11-19(31)26-18-6-4-3-5-17(15)18/h3-11H,12-13H2,1-2H3,(H,26,31). The lowest BCUT2D eigenvalue weighted by molar-refractivity contribution is 0.696. The van der Waals surface area contributed by atoms with Crippen LogP contribution in [0, 0.1) is 0 Å². The first-order valence-corrected chi connectivity index (χ1v) is 11.8. The fourth-order valence-electron chi connectivity index (χ4n) is 3.99. The predicted octanol–water partition coefficient (Wildman–Crippen LogP) is 3.27. The highest BCUT2D eigenvalue weighted by molar-refractivity contribution is 7.98. The van der Waals surface area contributed by atoms with Gasteiger partial charge in [0.05, 0.1) is 6.54 Å². The zero-order valence-corrected chi connectivity index (χ0v) is 20.0. The Bertz CT molecular complexity index is 1730. The number of aromatic nitrogens is 5. The van der Waals surface area contributed by atoms with Crippen LogP contribution in [-0.4, -0.2) is 23.7 Å². The topological polar surface area (TPSA) is 94.7 Å². The van der Waals surface area contributed by atoms with E-state index in [1.807, 2.05) is 41.0 Å². The lowest BCUT2D eigenvalue weighted by atomic mass is 10.1. The van der Waals surface area contributed by atoms with Crippen LogP contribution in [0.3, 0.4) is 0 Å². The third-order valence-electron chi connectivity index (χ3n) is 5.76. The molecule has 0 aliphatic carbocycles. The average molecular weight is 494 g/mol. The van der Waals surface area contributed by atoms with Crippen molar-refractivity contribution in [1.29, 1.82) is 0 Å². The van der Waals surface area contributed by atoms with E-state index in [1.54, 1.807) is 25.2 Å². The van der Waals surface area contributed by atoms with Crippen molar-refractivity contribution in [3.63, 3.8) is 0 Å². The molecule has 3 heterocycles. The Morgan fingerprint density at radius 1 is 1.00 bits per heavy atom. The van der Waals surface area contributed by atoms with Gasteiger partial charge in [0.25, 0.3) is 5.56 Å². The summed E-state index contributed by atoms with van der Waals surface area (Å²) in [4.78, 5) is 45.3. The van der Waals surface area contributed by atoms with Crippen LogP contribution in [0.25, 0.3) is 22.1 Å². The number of aryl methyl sites for hydroxylation is 1. The molecule has 0 saturated heterocycles. The van der Waals surface area contributed by atoms with Crippen LogP contribution in [0.1, 0.15) is 11.1 Å². The van der Waals surface area contributed by atoms with Crippen LogP contribution in [-0.2, 0) is 26.4 Å². The molecule has 0 radical (unpaired) electrons. The van der Waals surface area contributed by atoms with Gasteiger partial charge < -0.3 is 9.55 Å². The van der Waals surface area contributed by atoms with E-state index in [0.29, 0.717) is 33.6 Å². The smallest absolute Gasteiger partial charge is 0.322 e. The molecule has 10 heteroatoms. The zero-order chi connectivity index (χ0) is 24.0. The van der Waals surface area contributed by atoms with Crippen molar-refractivity contribution >= 4 is 45.4 Å². The number of imidazole rings is 1. The Balaban J connectivity index is 1.64. The Kier molecular flexibility index (Phi) is 5.66. The Labute approximate surface area is 202 Å². The van der Waals surface area contributed by atoms with Gasteiger partial charge in [-0.15, -0.1) is 0 Å². The minimum atomic E-state index is -0.439. The van der Waals surface area contributed by atoms with Crippen molar-refractivity contribution in [1.82, 2.24) is 23.7 Å². The van der Waals surface area contributed by atoms with Gasteiger partial charge in [0.15, 0.2) is 16.3 Å². The Morgan fingerprint density at radius 2 is 1.74 bits per heavy atom. The number of H-pyrrole nitrogens is 1. The second-order valence-corrected chi connectivity index (χ2v) is 9.36. The molecule has 0 bridgehead atoms. The number of nitrogens with one attached hydrogen (secondary N) is 1. The molecule has 0 atom stereocenters. The first-order chi connectivity index (χ1) is 16.3. The van der Waals surface area contributed by atoms with Crippen LogP contribution >= 0.6 is 23.4 Å². The highest BCUT2D eigenvalue weighted by atomic mass is 35.5. The minimum Gasteiger partial charge on any atom is -0.322 e. The van der Waals surface area contributed by atoms with Crippen molar-refractivity contribution in [2.45, 2.75) is 17.5 Å². The number of pyridine rings is 1. The van der Waals surface area contributed by atoms with Crippen molar-refractivity contribution in [2.75, 3.05) is 0 Å². The highest BCUT2D eigenvalue weighted by Crippen LogP contribution is 2.28. The molecule has 2 aromatic carbocycles. The summed E-state index contributed by atoms with van der Waals surface area (Å²) >= 11 is 7.45. The molecular weight excluding hydrogens is 474 g/mol. The summed E-state index contributed by atoms with van der Waals surface area (Å²) in [5.41, 5.74) is 2.19. The molecule has 0 aliphatic rings. The van der Waals surface area contributed by atoms with Crippen molar-refractivity contribution in [3.05, 3.63) is 102 Å². The Hall–Kier alpha value is -3.56. The van der Waals surface area contributed by atoms with Gasteiger partial charge in [-0.25, -0.2) is 9.78 Å². The third-order valence-corrected chi connectivity index (χ3v) is 7.04. The first-order valence-electron chi connectivity index (χ1n) is 10.5. The van der Waals surface area contributed by atoms with Gasteiger partial charge in [-0.05, 0) is 29.3 Å². The number of hydrogen-bond acceptors (Lipinski definition) is 5. The van der Waals surface area contributed by atoms with Crippen molar-refractivity contribution in [2.24, 2.45) is 14.1 Å². The maximum absolute atomic E-state index is 13.1. The predicted molar refractivity (Wildman–Crippen MR) is 135 cm³/mol. The molecule has 5 rings (SSSR count). The second-order valence-electron chi connectivity index (χ2n) is 7.98. The van der Waals surface area contributed by atoms with Crippen LogP contribution in [0.15, 0.2) is 74.1 Å². The number of halogens is 1. The van der Waals surface area contributed by atoms with E-state index in [4.69, 9.17) is 11.6 Å². The molecule has 8 nitrogen and oxygen atoms in total. The maximum atomic E-state index is 13.1. The fourth-order valence-corrected chi connectivity index (χ4v) is 5.11. The monoisotopic (exact) mass is 493 g/mol. The lowest BCUT2D eigenvalue weighted by Crippen LogP contribution is -2.37. The first kappa shape index (κ1) is 22.2. The van der Waals surface area contributed by atoms with Crippen molar-refractivity contribution < 1.29 is 0 Å². The minimum absolute atomic E-state index is 0.180. The second kappa shape index (κ2) is 8.66. The molecular formula is C24H20ClN5O3S. The van der Waals surface area contributed by atoms with E-state index < -0.39 is 11.2 Å². The highest BCUT2D eigenvalue weighted by Gasteiger charge is 2.20. The summed E-state index contributed by atoms with van der Waals surface area (Å²) in [6.45, 7) is 0.375. The van der Waals surface area contributed by atoms with Crippen LogP contribution in [0.5, 0.6) is 0 Å². The molecule has 0 amide bonds. The largest absolute Gasteiger partial charge is 0.332 e. The van der Waals surface area contributed by atoms with E-state index in [2.05, 4.69) is 9.97 Å². The normalized spacial score (nSPS) is 11.5. The summed E-state index contributed by atoms with van der Waals surface area (Å²) in [6, 6.07) is 16.5. The summed E-state index contributed by atoms with van der Waals surface area (Å²) in [5, 5.41) is 2.14. The van der Waals surface area contributed by atoms with E-state index >= 15 is 0 Å². The number of aromatic amines is 1. The van der Waals surface area contributed by atoms with E-state index in [0.717, 1.165) is 26.6 Å². The molecule has 1 N–H and O–H groups in total. The summed E-state index contributed by atoms with van der Waals surface area (Å²) in [7, 11) is 3.06. The number of fused-ring (bicyclic) bond motifs is 2. The molecule has 172 valence electrons. The van der Waals surface area contributed by atoms with Gasteiger partial charge in [-0.3, -0.25) is 18.7 Å². The maximum Gasteiger partial charge on any atom is 0.332 e. The van der Waals surface area contributed by atoms with Gasteiger partial charge >= 0.3 is 5.69 Å². The molecule has 34 heavy (non-hydrogen) atoms. The Morgan fingerprint density at radius 3 is 2.50 bits per heavy atom. The van der Waals surface area contributed by atoms with Crippen LogP contribution in [0.4, 0.5) is 0 Å². The quantitative estimate of drug-likeness (QED) is 0.379. The third kappa shape index (κ3) is 3.86. The summed E-state index contributed by atoms with van der Waals surface area (Å²) in [6.07, 6.45) is 0. The SMILES string of the molecule is Cn1c(=O)c2c(nc(SCc3cc(=O)[nH]c4ccccc34)n2Cc2ccc(Cl)cc2)n(C)c1=O. The molecule has 0 spiro atoms. The molecule has 0 saturated carbocycles.